The van der Waals surface area contributed by atoms with Crippen molar-refractivity contribution in [3.05, 3.63) is 34.4 Å². The van der Waals surface area contributed by atoms with E-state index in [0.717, 1.165) is 25.9 Å². The molecule has 0 spiro atoms. The maximum absolute atomic E-state index is 12.6. The van der Waals surface area contributed by atoms with E-state index in [9.17, 15) is 18.5 Å². The van der Waals surface area contributed by atoms with Crippen LogP contribution in [0, 0.1) is 22.0 Å². The molecule has 1 aromatic carbocycles. The first-order valence-electron chi connectivity index (χ1n) is 7.94. The molecular formula is C15H21N3O4S. The number of piperidine rings is 1. The van der Waals surface area contributed by atoms with Gasteiger partial charge in [-0.05, 0) is 56.3 Å². The van der Waals surface area contributed by atoms with Crippen molar-refractivity contribution in [2.75, 3.05) is 26.2 Å². The Morgan fingerprint density at radius 2 is 1.74 bits per heavy atom. The summed E-state index contributed by atoms with van der Waals surface area (Å²) in [5.74, 6) is 1.26. The van der Waals surface area contributed by atoms with Gasteiger partial charge in [0.05, 0.1) is 9.82 Å². The molecule has 0 amide bonds. The predicted molar refractivity (Wildman–Crippen MR) is 85.6 cm³/mol. The summed E-state index contributed by atoms with van der Waals surface area (Å²) in [7, 11) is -3.56. The zero-order chi connectivity index (χ0) is 16.4. The van der Waals surface area contributed by atoms with Crippen LogP contribution < -0.4 is 5.32 Å². The van der Waals surface area contributed by atoms with E-state index in [-0.39, 0.29) is 10.6 Å². The number of hydrogen-bond acceptors (Lipinski definition) is 5. The molecule has 23 heavy (non-hydrogen) atoms. The number of sulfonamides is 1. The second kappa shape index (κ2) is 6.54. The Morgan fingerprint density at radius 1 is 1.09 bits per heavy atom. The highest BCUT2D eigenvalue weighted by Crippen LogP contribution is 2.31. The van der Waals surface area contributed by atoms with Crippen LogP contribution in [0.4, 0.5) is 5.69 Å². The van der Waals surface area contributed by atoms with E-state index in [0.29, 0.717) is 24.9 Å². The highest BCUT2D eigenvalue weighted by atomic mass is 32.2. The lowest BCUT2D eigenvalue weighted by molar-refractivity contribution is -0.384. The molecular weight excluding hydrogens is 318 g/mol. The molecule has 2 aliphatic heterocycles. The normalized spacial score (nSPS) is 23.9. The Kier molecular flexibility index (Phi) is 4.65. The number of non-ortho nitro benzene ring substituents is 1. The van der Waals surface area contributed by atoms with Gasteiger partial charge in [-0.2, -0.15) is 4.31 Å². The van der Waals surface area contributed by atoms with Gasteiger partial charge in [-0.3, -0.25) is 10.1 Å². The van der Waals surface area contributed by atoms with Crippen LogP contribution in [0.25, 0.3) is 0 Å². The van der Waals surface area contributed by atoms with E-state index in [1.54, 1.807) is 0 Å². The van der Waals surface area contributed by atoms with E-state index in [2.05, 4.69) is 5.32 Å². The molecule has 2 fully saturated rings. The summed E-state index contributed by atoms with van der Waals surface area (Å²) < 4.78 is 26.8. The molecule has 2 saturated heterocycles. The molecule has 0 aromatic heterocycles. The maximum Gasteiger partial charge on any atom is 0.269 e. The third kappa shape index (κ3) is 3.39. The van der Waals surface area contributed by atoms with Gasteiger partial charge < -0.3 is 5.32 Å². The molecule has 1 unspecified atom stereocenters. The summed E-state index contributed by atoms with van der Waals surface area (Å²) in [5, 5.41) is 14.0. The van der Waals surface area contributed by atoms with Crippen molar-refractivity contribution in [1.82, 2.24) is 9.62 Å². The molecule has 8 heteroatoms. The summed E-state index contributed by atoms with van der Waals surface area (Å²) in [6.07, 6.45) is 2.96. The maximum atomic E-state index is 12.6. The van der Waals surface area contributed by atoms with Gasteiger partial charge in [-0.15, -0.1) is 0 Å². The highest BCUT2D eigenvalue weighted by Gasteiger charge is 2.33. The number of nitrogens with zero attached hydrogens (tertiary/aromatic N) is 2. The minimum absolute atomic E-state index is 0.101. The monoisotopic (exact) mass is 339 g/mol. The Bertz CT molecular complexity index is 660. The summed E-state index contributed by atoms with van der Waals surface area (Å²) in [6.45, 7) is 3.16. The van der Waals surface area contributed by atoms with Crippen LogP contribution in [-0.2, 0) is 10.0 Å². The molecule has 0 bridgehead atoms. The number of benzene rings is 1. The fourth-order valence-electron chi connectivity index (χ4n) is 3.56. The molecule has 0 radical (unpaired) electrons. The number of nitrogens with one attached hydrogen (secondary N) is 1. The second-order valence-electron chi connectivity index (χ2n) is 6.25. The van der Waals surface area contributed by atoms with Gasteiger partial charge in [0.1, 0.15) is 0 Å². The first kappa shape index (κ1) is 16.4. The average molecular weight is 339 g/mol. The fourth-order valence-corrected chi connectivity index (χ4v) is 5.03. The van der Waals surface area contributed by atoms with E-state index < -0.39 is 14.9 Å². The molecule has 126 valence electrons. The van der Waals surface area contributed by atoms with Crippen molar-refractivity contribution in [3.63, 3.8) is 0 Å². The minimum Gasteiger partial charge on any atom is -0.316 e. The lowest BCUT2D eigenvalue weighted by atomic mass is 9.84. The number of nitro benzene ring substituents is 1. The lowest BCUT2D eigenvalue weighted by Crippen LogP contribution is -2.40. The van der Waals surface area contributed by atoms with Crippen LogP contribution in [-0.4, -0.2) is 43.8 Å². The predicted octanol–water partition coefficient (Wildman–Crippen LogP) is 1.60. The minimum atomic E-state index is -3.56. The van der Waals surface area contributed by atoms with Gasteiger partial charge in [-0.1, -0.05) is 0 Å². The summed E-state index contributed by atoms with van der Waals surface area (Å²) in [6, 6.07) is 5.12. The third-order valence-corrected chi connectivity index (χ3v) is 6.86. The van der Waals surface area contributed by atoms with E-state index in [1.807, 2.05) is 0 Å². The Labute approximate surface area is 135 Å². The second-order valence-corrected chi connectivity index (χ2v) is 8.18. The molecule has 1 N–H and O–H groups in total. The fraction of sp³-hybridized carbons (Fsp3) is 0.600. The van der Waals surface area contributed by atoms with Crippen molar-refractivity contribution < 1.29 is 13.3 Å². The van der Waals surface area contributed by atoms with Crippen molar-refractivity contribution in [3.8, 4) is 0 Å². The first-order chi connectivity index (χ1) is 11.0. The molecule has 7 nitrogen and oxygen atoms in total. The highest BCUT2D eigenvalue weighted by molar-refractivity contribution is 7.89. The van der Waals surface area contributed by atoms with Gasteiger partial charge in [0.25, 0.3) is 5.69 Å². The van der Waals surface area contributed by atoms with Gasteiger partial charge >= 0.3 is 0 Å². The van der Waals surface area contributed by atoms with Crippen LogP contribution in [0.1, 0.15) is 19.3 Å². The SMILES string of the molecule is O=[N+]([O-])c1ccc(S(=O)(=O)N2CCC(C3CCNC3)CC2)cc1. The molecule has 0 aliphatic carbocycles. The summed E-state index contributed by atoms with van der Waals surface area (Å²) in [5.41, 5.74) is -0.101. The van der Waals surface area contributed by atoms with E-state index in [1.165, 1.54) is 35.0 Å². The van der Waals surface area contributed by atoms with Crippen molar-refractivity contribution >= 4 is 15.7 Å². The standard InChI is InChI=1S/C15H21N3O4S/c19-18(20)14-1-3-15(4-2-14)23(21,22)17-9-6-12(7-10-17)13-5-8-16-11-13/h1-4,12-13,16H,5-11H2. The van der Waals surface area contributed by atoms with Gasteiger partial charge in [0, 0.05) is 25.2 Å². The van der Waals surface area contributed by atoms with Gasteiger partial charge in [0.2, 0.25) is 10.0 Å². The number of rotatable bonds is 4. The average Bonchev–Trinajstić information content (AvgIpc) is 3.09. The lowest BCUT2D eigenvalue weighted by Gasteiger charge is -2.33. The quantitative estimate of drug-likeness (QED) is 0.664. The van der Waals surface area contributed by atoms with Gasteiger partial charge in [0.15, 0.2) is 0 Å². The first-order valence-corrected chi connectivity index (χ1v) is 9.38. The zero-order valence-corrected chi connectivity index (χ0v) is 13.7. The largest absolute Gasteiger partial charge is 0.316 e. The molecule has 1 aromatic rings. The smallest absolute Gasteiger partial charge is 0.269 e. The summed E-state index contributed by atoms with van der Waals surface area (Å²) in [4.78, 5) is 10.3. The van der Waals surface area contributed by atoms with Crippen LogP contribution in [0.15, 0.2) is 29.2 Å². The number of nitro groups is 1. The van der Waals surface area contributed by atoms with Gasteiger partial charge in [-0.25, -0.2) is 8.42 Å². The van der Waals surface area contributed by atoms with Crippen LogP contribution in [0.5, 0.6) is 0 Å². The summed E-state index contributed by atoms with van der Waals surface area (Å²) >= 11 is 0. The topological polar surface area (TPSA) is 92.5 Å². The van der Waals surface area contributed by atoms with Crippen molar-refractivity contribution in [2.24, 2.45) is 11.8 Å². The molecule has 2 aliphatic rings. The Morgan fingerprint density at radius 3 is 2.26 bits per heavy atom. The van der Waals surface area contributed by atoms with Crippen LogP contribution >= 0.6 is 0 Å². The molecule has 0 saturated carbocycles. The molecule has 1 atom stereocenters. The van der Waals surface area contributed by atoms with Crippen molar-refractivity contribution in [2.45, 2.75) is 24.2 Å². The number of hydrogen-bond donors (Lipinski definition) is 1. The third-order valence-electron chi connectivity index (χ3n) is 4.95. The Balaban J connectivity index is 1.67. The van der Waals surface area contributed by atoms with E-state index >= 15 is 0 Å². The molecule has 3 rings (SSSR count). The Hall–Kier alpha value is -1.51. The van der Waals surface area contributed by atoms with Crippen molar-refractivity contribution in [1.29, 1.82) is 0 Å². The van der Waals surface area contributed by atoms with Crippen LogP contribution in [0.3, 0.4) is 0 Å². The van der Waals surface area contributed by atoms with Crippen LogP contribution in [0.2, 0.25) is 0 Å². The zero-order valence-electron chi connectivity index (χ0n) is 12.8. The van der Waals surface area contributed by atoms with E-state index in [4.69, 9.17) is 0 Å². The molecule has 2 heterocycles.